The maximum atomic E-state index is 11.9. The number of rotatable bonds is 4. The second-order valence-electron chi connectivity index (χ2n) is 3.88. The molecule has 2 aromatic heterocycles. The Balaban J connectivity index is 1.73. The summed E-state index contributed by atoms with van der Waals surface area (Å²) >= 11 is 9.09. The summed E-state index contributed by atoms with van der Waals surface area (Å²) in [7, 11) is 0. The van der Waals surface area contributed by atoms with Crippen LogP contribution in [0.5, 0.6) is 0 Å². The molecule has 1 aromatic carbocycles. The summed E-state index contributed by atoms with van der Waals surface area (Å²) in [4.78, 5) is 12.7. The van der Waals surface area contributed by atoms with Crippen molar-refractivity contribution in [1.82, 2.24) is 20.4 Å². The number of anilines is 1. The molecule has 3 rings (SSSR count). The first-order valence-corrected chi connectivity index (χ1v) is 7.84. The van der Waals surface area contributed by atoms with Crippen molar-refractivity contribution in [3.63, 3.8) is 0 Å². The van der Waals surface area contributed by atoms with E-state index in [9.17, 15) is 4.79 Å². The first-order chi connectivity index (χ1) is 10.2. The van der Waals surface area contributed by atoms with Crippen molar-refractivity contribution in [3.05, 3.63) is 46.7 Å². The molecule has 3 aromatic rings. The van der Waals surface area contributed by atoms with Crippen molar-refractivity contribution < 1.29 is 4.79 Å². The van der Waals surface area contributed by atoms with E-state index in [0.717, 1.165) is 9.24 Å². The van der Waals surface area contributed by atoms with Crippen LogP contribution < -0.4 is 5.32 Å². The lowest BCUT2D eigenvalue weighted by molar-refractivity contribution is 0.102. The van der Waals surface area contributed by atoms with E-state index in [1.54, 1.807) is 23.7 Å². The van der Waals surface area contributed by atoms with Gasteiger partial charge in [0.2, 0.25) is 0 Å². The van der Waals surface area contributed by atoms with Gasteiger partial charge < -0.3 is 5.32 Å². The van der Waals surface area contributed by atoms with Crippen LogP contribution in [0.1, 0.15) is 10.5 Å². The Hall–Kier alpha value is -1.90. The highest BCUT2D eigenvalue weighted by Crippen LogP contribution is 2.35. The molecule has 0 spiro atoms. The number of nitrogens with one attached hydrogen (secondary N) is 2. The second kappa shape index (κ2) is 6.25. The van der Waals surface area contributed by atoms with Gasteiger partial charge in [-0.25, -0.2) is 0 Å². The lowest BCUT2D eigenvalue weighted by Gasteiger charge is -2.06. The van der Waals surface area contributed by atoms with Crippen molar-refractivity contribution in [3.8, 4) is 0 Å². The van der Waals surface area contributed by atoms with Gasteiger partial charge in [-0.3, -0.25) is 9.89 Å². The van der Waals surface area contributed by atoms with Crippen LogP contribution in [-0.4, -0.2) is 26.3 Å². The van der Waals surface area contributed by atoms with Crippen LogP contribution in [0.15, 0.2) is 45.2 Å². The summed E-state index contributed by atoms with van der Waals surface area (Å²) in [6.45, 7) is 0. The molecule has 0 radical (unpaired) electrons. The minimum absolute atomic E-state index is 0.270. The van der Waals surface area contributed by atoms with Gasteiger partial charge in [-0.2, -0.15) is 5.10 Å². The summed E-state index contributed by atoms with van der Waals surface area (Å²) < 4.78 is 0.811. The third-order valence-electron chi connectivity index (χ3n) is 2.47. The Bertz CT molecular complexity index is 745. The number of halogens is 1. The zero-order valence-electron chi connectivity index (χ0n) is 10.4. The van der Waals surface area contributed by atoms with E-state index in [2.05, 4.69) is 25.7 Å². The van der Waals surface area contributed by atoms with Crippen LogP contribution in [0.4, 0.5) is 5.69 Å². The van der Waals surface area contributed by atoms with Crippen molar-refractivity contribution in [2.24, 2.45) is 0 Å². The molecule has 9 heteroatoms. The molecule has 0 saturated heterocycles. The molecule has 0 bridgehead atoms. The number of hydrogen-bond acceptors (Lipinski definition) is 6. The Kier molecular flexibility index (Phi) is 4.18. The molecule has 6 nitrogen and oxygen atoms in total. The fourth-order valence-corrected chi connectivity index (χ4v) is 3.28. The third kappa shape index (κ3) is 3.41. The quantitative estimate of drug-likeness (QED) is 0.763. The molecule has 2 N–H and O–H groups in total. The number of carbonyl (C=O) groups excluding carboxylic acids is 1. The number of nitrogens with zero attached hydrogens (tertiary/aromatic N) is 3. The fourth-order valence-electron chi connectivity index (χ4n) is 1.54. The van der Waals surface area contributed by atoms with E-state index in [0.29, 0.717) is 16.4 Å². The van der Waals surface area contributed by atoms with Crippen LogP contribution in [0.2, 0.25) is 5.02 Å². The largest absolute Gasteiger partial charge is 0.321 e. The highest BCUT2D eigenvalue weighted by molar-refractivity contribution is 8.01. The van der Waals surface area contributed by atoms with Crippen molar-refractivity contribution in [1.29, 1.82) is 0 Å². The first-order valence-electron chi connectivity index (χ1n) is 5.76. The van der Waals surface area contributed by atoms with Crippen LogP contribution >= 0.6 is 34.7 Å². The molecule has 0 fully saturated rings. The van der Waals surface area contributed by atoms with Gasteiger partial charge >= 0.3 is 0 Å². The monoisotopic (exact) mass is 337 g/mol. The summed E-state index contributed by atoms with van der Waals surface area (Å²) in [5.41, 5.74) is 2.66. The fraction of sp³-hybridized carbons (Fsp3) is 0. The van der Waals surface area contributed by atoms with Gasteiger partial charge in [-0.05, 0) is 24.3 Å². The Morgan fingerprint density at radius 1 is 1.38 bits per heavy atom. The number of benzene rings is 1. The number of hydrogen-bond donors (Lipinski definition) is 2. The summed E-state index contributed by atoms with van der Waals surface area (Å²) in [6, 6.07) is 6.90. The minimum Gasteiger partial charge on any atom is -0.321 e. The molecule has 0 aliphatic carbocycles. The standard InChI is InChI=1S/C12H8ClN5OS2/c13-8-5-7(16-11(19)9-3-4-14-17-9)1-2-10(8)21-12-18-15-6-20-12/h1-6H,(H,14,17)(H,16,19). The van der Waals surface area contributed by atoms with Crippen LogP contribution in [-0.2, 0) is 0 Å². The second-order valence-corrected chi connectivity index (χ2v) is 6.41. The average Bonchev–Trinajstić information content (AvgIpc) is 3.14. The zero-order chi connectivity index (χ0) is 14.7. The maximum Gasteiger partial charge on any atom is 0.273 e. The van der Waals surface area contributed by atoms with Crippen LogP contribution in [0.3, 0.4) is 0 Å². The molecule has 0 aliphatic rings. The van der Waals surface area contributed by atoms with Crippen LogP contribution in [0.25, 0.3) is 0 Å². The number of H-pyrrole nitrogens is 1. The van der Waals surface area contributed by atoms with Gasteiger partial charge in [0.15, 0.2) is 4.34 Å². The Morgan fingerprint density at radius 3 is 2.95 bits per heavy atom. The van der Waals surface area contributed by atoms with E-state index in [1.165, 1.54) is 29.3 Å². The Labute approximate surface area is 132 Å². The van der Waals surface area contributed by atoms with Gasteiger partial charge in [0.1, 0.15) is 11.2 Å². The van der Waals surface area contributed by atoms with E-state index in [-0.39, 0.29) is 5.91 Å². The van der Waals surface area contributed by atoms with Crippen molar-refractivity contribution in [2.75, 3.05) is 5.32 Å². The maximum absolute atomic E-state index is 11.9. The van der Waals surface area contributed by atoms with Gasteiger partial charge in [0.05, 0.1) is 5.02 Å². The lowest BCUT2D eigenvalue weighted by atomic mass is 10.3. The number of aromatic amines is 1. The molecule has 1 amide bonds. The van der Waals surface area contributed by atoms with E-state index in [1.807, 2.05) is 6.07 Å². The predicted molar refractivity (Wildman–Crippen MR) is 82.0 cm³/mol. The van der Waals surface area contributed by atoms with Crippen molar-refractivity contribution >= 4 is 46.3 Å². The normalized spacial score (nSPS) is 10.5. The third-order valence-corrected chi connectivity index (χ3v) is 4.75. The van der Waals surface area contributed by atoms with Gasteiger partial charge in [-0.15, -0.1) is 10.2 Å². The first kappa shape index (κ1) is 14.1. The topological polar surface area (TPSA) is 83.6 Å². The van der Waals surface area contributed by atoms with E-state index < -0.39 is 0 Å². The predicted octanol–water partition coefficient (Wildman–Crippen LogP) is 3.32. The highest BCUT2D eigenvalue weighted by atomic mass is 35.5. The average molecular weight is 338 g/mol. The minimum atomic E-state index is -0.270. The molecule has 0 atom stereocenters. The SMILES string of the molecule is O=C(Nc1ccc(Sc2nncs2)c(Cl)c1)c1ccn[nH]1. The van der Waals surface area contributed by atoms with E-state index in [4.69, 9.17) is 11.6 Å². The van der Waals surface area contributed by atoms with Crippen LogP contribution in [0, 0.1) is 0 Å². The number of carbonyl (C=O) groups is 1. The number of amides is 1. The molecule has 21 heavy (non-hydrogen) atoms. The molecule has 106 valence electrons. The molecular formula is C12H8ClN5OS2. The van der Waals surface area contributed by atoms with Gasteiger partial charge in [-0.1, -0.05) is 34.7 Å². The molecule has 0 aliphatic heterocycles. The summed E-state index contributed by atoms with van der Waals surface area (Å²) in [5.74, 6) is -0.270. The molecule has 2 heterocycles. The summed E-state index contributed by atoms with van der Waals surface area (Å²) in [5, 5.41) is 17.3. The number of aromatic nitrogens is 4. The molecular weight excluding hydrogens is 330 g/mol. The summed E-state index contributed by atoms with van der Waals surface area (Å²) in [6.07, 6.45) is 1.52. The van der Waals surface area contributed by atoms with Gasteiger partial charge in [0.25, 0.3) is 5.91 Å². The smallest absolute Gasteiger partial charge is 0.273 e. The zero-order valence-corrected chi connectivity index (χ0v) is 12.8. The Morgan fingerprint density at radius 2 is 2.29 bits per heavy atom. The lowest BCUT2D eigenvalue weighted by Crippen LogP contribution is -2.12. The van der Waals surface area contributed by atoms with Crippen molar-refractivity contribution in [2.45, 2.75) is 9.24 Å². The molecule has 0 unspecified atom stereocenters. The molecule has 0 saturated carbocycles. The van der Waals surface area contributed by atoms with Gasteiger partial charge in [0, 0.05) is 16.8 Å². The van der Waals surface area contributed by atoms with E-state index >= 15 is 0 Å². The highest BCUT2D eigenvalue weighted by Gasteiger charge is 2.10.